The highest BCUT2D eigenvalue weighted by molar-refractivity contribution is 6.32. The lowest BCUT2D eigenvalue weighted by atomic mass is 10.1. The summed E-state index contributed by atoms with van der Waals surface area (Å²) in [5.41, 5.74) is 0.540. The van der Waals surface area contributed by atoms with Crippen LogP contribution in [0.1, 0.15) is 18.5 Å². The highest BCUT2D eigenvalue weighted by Gasteiger charge is 2.12. The van der Waals surface area contributed by atoms with Crippen molar-refractivity contribution >= 4 is 29.0 Å². The fraction of sp³-hybridized carbons (Fsp3) is 0.167. The Morgan fingerprint density at radius 3 is 2.78 bits per heavy atom. The lowest BCUT2D eigenvalue weighted by Crippen LogP contribution is -2.14. The van der Waals surface area contributed by atoms with Crippen LogP contribution in [0, 0.1) is 0 Å². The predicted octanol–water partition coefficient (Wildman–Crippen LogP) is 3.25. The molecule has 0 radical (unpaired) electrons. The molecule has 0 saturated heterocycles. The number of benzene rings is 1. The zero-order valence-corrected chi connectivity index (χ0v) is 11.1. The smallest absolute Gasteiger partial charge is 0.271 e. The summed E-state index contributed by atoms with van der Waals surface area (Å²) in [5.74, 6) is 0.341. The first kappa shape index (κ1) is 12.9. The Bertz CT molecular complexity index is 612. The van der Waals surface area contributed by atoms with Crippen molar-refractivity contribution in [3.05, 3.63) is 56.6 Å². The minimum absolute atomic E-state index is 0.0383. The van der Waals surface area contributed by atoms with Gasteiger partial charge in [0, 0.05) is 5.02 Å². The van der Waals surface area contributed by atoms with Gasteiger partial charge in [-0.3, -0.25) is 4.79 Å². The molecule has 0 aliphatic rings. The molecule has 0 amide bonds. The second kappa shape index (κ2) is 5.42. The monoisotopic (exact) mass is 283 g/mol. The molecule has 1 heterocycles. The second-order valence-electron chi connectivity index (χ2n) is 3.78. The van der Waals surface area contributed by atoms with Crippen LogP contribution in [0.3, 0.4) is 0 Å². The molecular weight excluding hydrogens is 273 g/mol. The van der Waals surface area contributed by atoms with E-state index in [0.717, 1.165) is 5.56 Å². The summed E-state index contributed by atoms with van der Waals surface area (Å²) in [4.78, 5) is 17.7. The van der Waals surface area contributed by atoms with Gasteiger partial charge in [-0.1, -0.05) is 41.4 Å². The Balaban J connectivity index is 2.27. The average molecular weight is 284 g/mol. The van der Waals surface area contributed by atoms with Crippen molar-refractivity contribution in [2.75, 3.05) is 5.32 Å². The molecule has 2 N–H and O–H groups in total. The van der Waals surface area contributed by atoms with E-state index >= 15 is 0 Å². The maximum atomic E-state index is 11.3. The summed E-state index contributed by atoms with van der Waals surface area (Å²) in [6, 6.07) is 7.36. The number of anilines is 1. The molecule has 1 aromatic heterocycles. The van der Waals surface area contributed by atoms with Crippen LogP contribution >= 0.6 is 23.2 Å². The van der Waals surface area contributed by atoms with Crippen LogP contribution in [-0.2, 0) is 0 Å². The van der Waals surface area contributed by atoms with Gasteiger partial charge >= 0.3 is 0 Å². The molecule has 1 aromatic carbocycles. The van der Waals surface area contributed by atoms with Gasteiger partial charge in [0.05, 0.1) is 12.4 Å². The SMILES string of the molecule is CC(Nc1nc[nH]c(=O)c1Cl)c1ccccc1Cl. The quantitative estimate of drug-likeness (QED) is 0.909. The maximum absolute atomic E-state index is 11.3. The molecule has 0 bridgehead atoms. The molecule has 0 fully saturated rings. The number of rotatable bonds is 3. The van der Waals surface area contributed by atoms with E-state index in [9.17, 15) is 4.79 Å². The first-order valence-electron chi connectivity index (χ1n) is 5.33. The van der Waals surface area contributed by atoms with E-state index in [1.807, 2.05) is 31.2 Å². The summed E-state index contributed by atoms with van der Waals surface area (Å²) in [6.07, 6.45) is 1.30. The van der Waals surface area contributed by atoms with Crippen molar-refractivity contribution in [1.29, 1.82) is 0 Å². The van der Waals surface area contributed by atoms with Gasteiger partial charge < -0.3 is 10.3 Å². The van der Waals surface area contributed by atoms with E-state index in [4.69, 9.17) is 23.2 Å². The molecule has 94 valence electrons. The first-order chi connectivity index (χ1) is 8.59. The van der Waals surface area contributed by atoms with Crippen molar-refractivity contribution < 1.29 is 0 Å². The minimum Gasteiger partial charge on any atom is -0.362 e. The van der Waals surface area contributed by atoms with Crippen LogP contribution < -0.4 is 10.9 Å². The molecular formula is C12H11Cl2N3O. The Morgan fingerprint density at radius 2 is 2.06 bits per heavy atom. The minimum atomic E-state index is -0.375. The Morgan fingerprint density at radius 1 is 1.33 bits per heavy atom. The second-order valence-corrected chi connectivity index (χ2v) is 4.57. The van der Waals surface area contributed by atoms with Crippen LogP contribution in [0.2, 0.25) is 10.0 Å². The highest BCUT2D eigenvalue weighted by atomic mass is 35.5. The zero-order valence-electron chi connectivity index (χ0n) is 9.58. The standard InChI is InChI=1S/C12H11Cl2N3O/c1-7(8-4-2-3-5-9(8)13)17-11-10(14)12(18)16-6-15-11/h2-7H,1H3,(H2,15,16,17,18). The molecule has 0 aliphatic heterocycles. The van der Waals surface area contributed by atoms with Gasteiger partial charge in [-0.05, 0) is 18.6 Å². The molecule has 4 nitrogen and oxygen atoms in total. The van der Waals surface area contributed by atoms with E-state index in [1.54, 1.807) is 0 Å². The largest absolute Gasteiger partial charge is 0.362 e. The van der Waals surface area contributed by atoms with Crippen LogP contribution in [0.5, 0.6) is 0 Å². The number of H-pyrrole nitrogens is 1. The molecule has 6 heteroatoms. The summed E-state index contributed by atoms with van der Waals surface area (Å²) >= 11 is 12.0. The Labute approximate surface area is 114 Å². The zero-order chi connectivity index (χ0) is 13.1. The van der Waals surface area contributed by atoms with E-state index in [2.05, 4.69) is 15.3 Å². The number of aromatic nitrogens is 2. The summed E-state index contributed by atoms with van der Waals surface area (Å²) in [6.45, 7) is 1.92. The Hall–Kier alpha value is -1.52. The molecule has 2 rings (SSSR count). The van der Waals surface area contributed by atoms with Gasteiger partial charge in [0.1, 0.15) is 5.02 Å². The normalized spacial score (nSPS) is 12.2. The van der Waals surface area contributed by atoms with E-state index in [-0.39, 0.29) is 16.6 Å². The van der Waals surface area contributed by atoms with E-state index in [0.29, 0.717) is 10.8 Å². The van der Waals surface area contributed by atoms with Crippen molar-refractivity contribution in [3.63, 3.8) is 0 Å². The van der Waals surface area contributed by atoms with Gasteiger partial charge in [-0.25, -0.2) is 4.98 Å². The van der Waals surface area contributed by atoms with Crippen molar-refractivity contribution in [2.24, 2.45) is 0 Å². The third-order valence-corrected chi connectivity index (χ3v) is 3.22. The van der Waals surface area contributed by atoms with Crippen molar-refractivity contribution in [2.45, 2.75) is 13.0 Å². The predicted molar refractivity (Wildman–Crippen MR) is 73.4 cm³/mol. The number of hydrogen-bond acceptors (Lipinski definition) is 3. The van der Waals surface area contributed by atoms with Crippen LogP contribution in [0.4, 0.5) is 5.82 Å². The number of nitrogens with one attached hydrogen (secondary N) is 2. The van der Waals surface area contributed by atoms with E-state index < -0.39 is 0 Å². The summed E-state index contributed by atoms with van der Waals surface area (Å²) in [7, 11) is 0. The van der Waals surface area contributed by atoms with E-state index in [1.165, 1.54) is 6.33 Å². The molecule has 0 aliphatic carbocycles. The number of hydrogen-bond donors (Lipinski definition) is 2. The van der Waals surface area contributed by atoms with Crippen LogP contribution in [-0.4, -0.2) is 9.97 Å². The van der Waals surface area contributed by atoms with Crippen LogP contribution in [0.25, 0.3) is 0 Å². The number of halogens is 2. The number of nitrogens with zero attached hydrogens (tertiary/aromatic N) is 1. The van der Waals surface area contributed by atoms with Crippen molar-refractivity contribution in [3.8, 4) is 0 Å². The lowest BCUT2D eigenvalue weighted by molar-refractivity contribution is 0.870. The highest BCUT2D eigenvalue weighted by Crippen LogP contribution is 2.26. The third kappa shape index (κ3) is 2.66. The fourth-order valence-electron chi connectivity index (χ4n) is 1.59. The van der Waals surface area contributed by atoms with Gasteiger partial charge in [0.2, 0.25) is 0 Å². The molecule has 1 unspecified atom stereocenters. The molecule has 0 saturated carbocycles. The number of aromatic amines is 1. The summed E-state index contributed by atoms with van der Waals surface area (Å²) in [5, 5.41) is 3.75. The van der Waals surface area contributed by atoms with Gasteiger partial charge in [-0.2, -0.15) is 0 Å². The molecule has 1 atom stereocenters. The van der Waals surface area contributed by atoms with Crippen LogP contribution in [0.15, 0.2) is 35.4 Å². The molecule has 18 heavy (non-hydrogen) atoms. The first-order valence-corrected chi connectivity index (χ1v) is 6.09. The maximum Gasteiger partial charge on any atom is 0.271 e. The lowest BCUT2D eigenvalue weighted by Gasteiger charge is -2.16. The molecule has 2 aromatic rings. The average Bonchev–Trinajstić information content (AvgIpc) is 2.35. The van der Waals surface area contributed by atoms with Gasteiger partial charge in [0.25, 0.3) is 5.56 Å². The fourth-order valence-corrected chi connectivity index (χ4v) is 2.05. The summed E-state index contributed by atoms with van der Waals surface area (Å²) < 4.78 is 0. The van der Waals surface area contributed by atoms with Gasteiger partial charge in [0.15, 0.2) is 5.82 Å². The Kier molecular flexibility index (Phi) is 3.89. The van der Waals surface area contributed by atoms with Crippen molar-refractivity contribution in [1.82, 2.24) is 9.97 Å². The molecule has 0 spiro atoms. The third-order valence-electron chi connectivity index (χ3n) is 2.52. The topological polar surface area (TPSA) is 57.8 Å². The van der Waals surface area contributed by atoms with Gasteiger partial charge in [-0.15, -0.1) is 0 Å².